The Morgan fingerprint density at radius 1 is 1.45 bits per heavy atom. The molecule has 3 unspecified atom stereocenters. The fourth-order valence-corrected chi connectivity index (χ4v) is 5.18. The molecule has 0 bridgehead atoms. The molecule has 3 atom stereocenters. The molecule has 1 aliphatic carbocycles. The van der Waals surface area contributed by atoms with Crippen molar-refractivity contribution in [3.63, 3.8) is 0 Å². The van der Waals surface area contributed by atoms with Crippen molar-refractivity contribution in [1.29, 1.82) is 0 Å². The molecule has 7 heteroatoms. The standard InChI is InChI=1S/C15H20ClNO4S/c1-2-20-14-10-13(15(14)8-5-9-21-15)17-22(18,19)12-7-4-3-6-11(12)16/h3-4,6-7,13-14,17H,2,5,8-10H2,1H3. The first-order chi connectivity index (χ1) is 10.5. The smallest absolute Gasteiger partial charge is 0.242 e. The highest BCUT2D eigenvalue weighted by Crippen LogP contribution is 2.46. The SMILES string of the molecule is CCOC1CC(NS(=O)(=O)c2ccccc2Cl)C12CCCO2. The summed E-state index contributed by atoms with van der Waals surface area (Å²) in [5.74, 6) is 0. The van der Waals surface area contributed by atoms with Gasteiger partial charge in [0.1, 0.15) is 10.5 Å². The van der Waals surface area contributed by atoms with E-state index in [0.717, 1.165) is 12.8 Å². The van der Waals surface area contributed by atoms with Crippen molar-refractivity contribution >= 4 is 21.6 Å². The minimum atomic E-state index is -3.67. The second kappa shape index (κ2) is 6.09. The molecule has 2 fully saturated rings. The monoisotopic (exact) mass is 345 g/mol. The molecule has 1 aliphatic heterocycles. The summed E-state index contributed by atoms with van der Waals surface area (Å²) in [4.78, 5) is 0.102. The Hall–Kier alpha value is -0.660. The summed E-state index contributed by atoms with van der Waals surface area (Å²) in [7, 11) is -3.67. The summed E-state index contributed by atoms with van der Waals surface area (Å²) in [5.41, 5.74) is -0.523. The Balaban J connectivity index is 1.80. The lowest BCUT2D eigenvalue weighted by Crippen LogP contribution is -2.69. The van der Waals surface area contributed by atoms with E-state index in [1.165, 1.54) is 6.07 Å². The lowest BCUT2D eigenvalue weighted by atomic mass is 9.70. The van der Waals surface area contributed by atoms with Crippen molar-refractivity contribution in [1.82, 2.24) is 4.72 Å². The van der Waals surface area contributed by atoms with E-state index in [1.807, 2.05) is 6.92 Å². The fraction of sp³-hybridized carbons (Fsp3) is 0.600. The zero-order valence-electron chi connectivity index (χ0n) is 12.4. The van der Waals surface area contributed by atoms with Crippen molar-refractivity contribution in [3.8, 4) is 0 Å². The van der Waals surface area contributed by atoms with Gasteiger partial charge in [0.15, 0.2) is 0 Å². The number of nitrogens with one attached hydrogen (secondary N) is 1. The van der Waals surface area contributed by atoms with Crippen LogP contribution in [0.15, 0.2) is 29.2 Å². The van der Waals surface area contributed by atoms with Crippen LogP contribution in [0.3, 0.4) is 0 Å². The molecule has 122 valence electrons. The third kappa shape index (κ3) is 2.67. The number of ether oxygens (including phenoxy) is 2. The molecule has 0 aromatic heterocycles. The summed E-state index contributed by atoms with van der Waals surface area (Å²) in [6, 6.07) is 6.17. The van der Waals surface area contributed by atoms with E-state index < -0.39 is 15.6 Å². The highest BCUT2D eigenvalue weighted by atomic mass is 35.5. The normalized spacial score (nSPS) is 31.4. The lowest BCUT2D eigenvalue weighted by molar-refractivity contribution is -0.193. The Kier molecular flexibility index (Phi) is 4.49. The molecular formula is C15H20ClNO4S. The van der Waals surface area contributed by atoms with Crippen LogP contribution in [0, 0.1) is 0 Å². The van der Waals surface area contributed by atoms with Crippen LogP contribution < -0.4 is 4.72 Å². The van der Waals surface area contributed by atoms with Crippen LogP contribution in [0.5, 0.6) is 0 Å². The third-order valence-electron chi connectivity index (χ3n) is 4.46. The Morgan fingerprint density at radius 2 is 2.23 bits per heavy atom. The molecule has 1 aromatic carbocycles. The first-order valence-electron chi connectivity index (χ1n) is 7.52. The van der Waals surface area contributed by atoms with Crippen molar-refractivity contribution < 1.29 is 17.9 Å². The van der Waals surface area contributed by atoms with Crippen LogP contribution in [0.25, 0.3) is 0 Å². The van der Waals surface area contributed by atoms with E-state index in [0.29, 0.717) is 19.6 Å². The Morgan fingerprint density at radius 3 is 2.86 bits per heavy atom. The van der Waals surface area contributed by atoms with E-state index in [1.54, 1.807) is 18.2 Å². The average molecular weight is 346 g/mol. The molecule has 3 rings (SSSR count). The Labute approximate surface area is 136 Å². The molecule has 1 saturated heterocycles. The van der Waals surface area contributed by atoms with Gasteiger partial charge in [-0.3, -0.25) is 0 Å². The second-order valence-corrected chi connectivity index (χ2v) is 7.78. The van der Waals surface area contributed by atoms with Crippen LogP contribution >= 0.6 is 11.6 Å². The highest BCUT2D eigenvalue weighted by molar-refractivity contribution is 7.89. The summed E-state index contributed by atoms with van der Waals surface area (Å²) in [6.07, 6.45) is 2.32. The van der Waals surface area contributed by atoms with Gasteiger partial charge in [-0.05, 0) is 38.3 Å². The van der Waals surface area contributed by atoms with Crippen molar-refractivity contribution in [2.45, 2.75) is 48.8 Å². The maximum Gasteiger partial charge on any atom is 0.242 e. The van der Waals surface area contributed by atoms with Gasteiger partial charge in [-0.25, -0.2) is 13.1 Å². The maximum absolute atomic E-state index is 12.6. The van der Waals surface area contributed by atoms with Crippen molar-refractivity contribution in [2.75, 3.05) is 13.2 Å². The van der Waals surface area contributed by atoms with E-state index in [2.05, 4.69) is 4.72 Å². The largest absolute Gasteiger partial charge is 0.375 e. The van der Waals surface area contributed by atoms with Crippen LogP contribution in [0.1, 0.15) is 26.2 Å². The zero-order valence-corrected chi connectivity index (χ0v) is 14.0. The topological polar surface area (TPSA) is 64.6 Å². The zero-order chi connectivity index (χ0) is 15.8. The maximum atomic E-state index is 12.6. The quantitative estimate of drug-likeness (QED) is 0.889. The molecular weight excluding hydrogens is 326 g/mol. The molecule has 0 radical (unpaired) electrons. The predicted octanol–water partition coefficient (Wildman–Crippen LogP) is 2.34. The van der Waals surface area contributed by atoms with Crippen LogP contribution in [-0.4, -0.2) is 39.4 Å². The minimum Gasteiger partial charge on any atom is -0.375 e. The summed E-state index contributed by atoms with van der Waals surface area (Å²) in [5, 5.41) is 0.220. The fourth-order valence-electron chi connectivity index (χ4n) is 3.36. The highest BCUT2D eigenvalue weighted by Gasteiger charge is 2.59. The number of halogens is 1. The molecule has 0 amide bonds. The molecule has 1 spiro atoms. The molecule has 1 saturated carbocycles. The van der Waals surface area contributed by atoms with Gasteiger partial charge in [-0.2, -0.15) is 0 Å². The first-order valence-corrected chi connectivity index (χ1v) is 9.38. The number of hydrogen-bond acceptors (Lipinski definition) is 4. The van der Waals surface area contributed by atoms with Gasteiger partial charge < -0.3 is 9.47 Å². The molecule has 2 aliphatic rings. The van der Waals surface area contributed by atoms with Crippen LogP contribution in [0.2, 0.25) is 5.02 Å². The number of benzene rings is 1. The number of hydrogen-bond donors (Lipinski definition) is 1. The van der Waals surface area contributed by atoms with Crippen LogP contribution in [-0.2, 0) is 19.5 Å². The van der Waals surface area contributed by atoms with Gasteiger partial charge in [0.2, 0.25) is 10.0 Å². The lowest BCUT2D eigenvalue weighted by Gasteiger charge is -2.52. The summed E-state index contributed by atoms with van der Waals surface area (Å²) < 4.78 is 39.5. The van der Waals surface area contributed by atoms with E-state index >= 15 is 0 Å². The first kappa shape index (κ1) is 16.2. The minimum absolute atomic E-state index is 0.0426. The van der Waals surface area contributed by atoms with E-state index in [-0.39, 0.29) is 22.1 Å². The predicted molar refractivity (Wildman–Crippen MR) is 83.5 cm³/mol. The van der Waals surface area contributed by atoms with Crippen molar-refractivity contribution in [3.05, 3.63) is 29.3 Å². The van der Waals surface area contributed by atoms with Gasteiger partial charge in [0.25, 0.3) is 0 Å². The molecule has 22 heavy (non-hydrogen) atoms. The van der Waals surface area contributed by atoms with Gasteiger partial charge in [-0.1, -0.05) is 23.7 Å². The molecule has 1 aromatic rings. The van der Waals surface area contributed by atoms with E-state index in [9.17, 15) is 8.42 Å². The summed E-state index contributed by atoms with van der Waals surface area (Å²) in [6.45, 7) is 3.18. The van der Waals surface area contributed by atoms with Gasteiger partial charge >= 0.3 is 0 Å². The molecule has 1 heterocycles. The van der Waals surface area contributed by atoms with Gasteiger partial charge in [0.05, 0.1) is 17.2 Å². The van der Waals surface area contributed by atoms with Gasteiger partial charge in [0, 0.05) is 13.2 Å². The van der Waals surface area contributed by atoms with Gasteiger partial charge in [-0.15, -0.1) is 0 Å². The Bertz CT molecular complexity index is 643. The third-order valence-corrected chi connectivity index (χ3v) is 6.43. The van der Waals surface area contributed by atoms with E-state index in [4.69, 9.17) is 21.1 Å². The molecule has 5 nitrogen and oxygen atoms in total. The number of rotatable bonds is 5. The summed E-state index contributed by atoms with van der Waals surface area (Å²) >= 11 is 6.01. The van der Waals surface area contributed by atoms with Crippen molar-refractivity contribution in [2.24, 2.45) is 0 Å². The van der Waals surface area contributed by atoms with Crippen LogP contribution in [0.4, 0.5) is 0 Å². The second-order valence-electron chi connectivity index (χ2n) is 5.69. The molecule has 1 N–H and O–H groups in total. The number of sulfonamides is 1. The average Bonchev–Trinajstić information content (AvgIpc) is 2.99.